The highest BCUT2D eigenvalue weighted by Crippen LogP contribution is 2.34. The predicted octanol–water partition coefficient (Wildman–Crippen LogP) is 0.666. The summed E-state index contributed by atoms with van der Waals surface area (Å²) >= 11 is 0. The van der Waals surface area contributed by atoms with Crippen LogP contribution in [0.3, 0.4) is 0 Å². The molecular formula is C22H27F2N5O7. The zero-order chi connectivity index (χ0) is 26.3. The quantitative estimate of drug-likeness (QED) is 0.333. The number of amides is 4. The van der Waals surface area contributed by atoms with E-state index in [1.807, 2.05) is 18.2 Å². The van der Waals surface area contributed by atoms with E-state index >= 15 is 0 Å². The van der Waals surface area contributed by atoms with Crippen LogP contribution in [0.15, 0.2) is 36.5 Å². The van der Waals surface area contributed by atoms with Crippen molar-refractivity contribution < 1.29 is 42.6 Å². The van der Waals surface area contributed by atoms with Crippen molar-refractivity contribution in [3.05, 3.63) is 42.1 Å². The van der Waals surface area contributed by atoms with E-state index in [0.717, 1.165) is 10.6 Å². The minimum absolute atomic E-state index is 0.0124. The zero-order valence-corrected chi connectivity index (χ0v) is 19.2. The largest absolute Gasteiger partial charge is 0.465 e. The van der Waals surface area contributed by atoms with Gasteiger partial charge in [-0.1, -0.05) is 35.9 Å². The molecular weight excluding hydrogens is 484 g/mol. The van der Waals surface area contributed by atoms with Crippen LogP contribution in [0, 0.1) is 5.92 Å². The maximum Gasteiger partial charge on any atom is 0.407 e. The minimum Gasteiger partial charge on any atom is -0.465 e. The molecule has 36 heavy (non-hydrogen) atoms. The topological polar surface area (TPSA) is 164 Å². The summed E-state index contributed by atoms with van der Waals surface area (Å²) < 4.78 is 34.9. The summed E-state index contributed by atoms with van der Waals surface area (Å²) in [4.78, 5) is 53.6. The molecule has 2 atom stereocenters. The molecule has 3 rings (SSSR count). The number of nitrogens with two attached hydrogens (primary N) is 1. The Bertz CT molecular complexity index is 1010. The van der Waals surface area contributed by atoms with E-state index in [9.17, 15) is 33.1 Å². The van der Waals surface area contributed by atoms with E-state index in [1.54, 1.807) is 12.1 Å². The molecule has 1 aromatic rings. The number of hydrazine groups is 1. The Hall–Kier alpha value is -3.78. The van der Waals surface area contributed by atoms with E-state index in [2.05, 4.69) is 10.9 Å². The monoisotopic (exact) mass is 511 g/mol. The third kappa shape index (κ3) is 6.66. The number of ether oxygens (including phenoxy) is 1. The third-order valence-corrected chi connectivity index (χ3v) is 5.67. The van der Waals surface area contributed by atoms with Gasteiger partial charge in [0.2, 0.25) is 17.7 Å². The fraction of sp³-hybridized carbons (Fsp3) is 0.455. The van der Waals surface area contributed by atoms with Gasteiger partial charge in [-0.05, 0) is 6.42 Å². The molecule has 0 saturated carbocycles. The van der Waals surface area contributed by atoms with Crippen molar-refractivity contribution in [1.29, 1.82) is 0 Å². The number of carbonyl (C=O) groups is 4. The van der Waals surface area contributed by atoms with Gasteiger partial charge < -0.3 is 25.7 Å². The van der Waals surface area contributed by atoms with Gasteiger partial charge in [-0.3, -0.25) is 19.3 Å². The maximum atomic E-state index is 14.9. The SMILES string of the molecule is NC(=O)[C@H]([C@H]1COCCN1C(=O)O)C(F)(F)CC(=O)NCCCC(=O)N1C=C(c2ccccc2)ON1. The summed E-state index contributed by atoms with van der Waals surface area (Å²) in [6, 6.07) is 7.53. The first-order valence-corrected chi connectivity index (χ1v) is 11.1. The number of nitrogens with one attached hydrogen (secondary N) is 2. The number of nitrogens with zero attached hydrogens (tertiary/aromatic N) is 2. The average molecular weight is 511 g/mol. The van der Waals surface area contributed by atoms with E-state index in [4.69, 9.17) is 15.3 Å². The van der Waals surface area contributed by atoms with Crippen LogP contribution < -0.4 is 16.6 Å². The van der Waals surface area contributed by atoms with E-state index in [-0.39, 0.29) is 38.4 Å². The molecule has 0 unspecified atom stereocenters. The Morgan fingerprint density at radius 1 is 1.25 bits per heavy atom. The number of morpholine rings is 1. The van der Waals surface area contributed by atoms with Crippen LogP contribution in [0.25, 0.3) is 5.76 Å². The highest BCUT2D eigenvalue weighted by atomic mass is 19.3. The Kier molecular flexibility index (Phi) is 8.77. The van der Waals surface area contributed by atoms with Gasteiger partial charge >= 0.3 is 6.09 Å². The molecule has 0 spiro atoms. The van der Waals surface area contributed by atoms with E-state index in [1.165, 1.54) is 6.20 Å². The molecule has 2 aliphatic rings. The van der Waals surface area contributed by atoms with Crippen LogP contribution in [-0.4, -0.2) is 77.1 Å². The Morgan fingerprint density at radius 2 is 1.97 bits per heavy atom. The summed E-state index contributed by atoms with van der Waals surface area (Å²) in [5.74, 6) is -8.64. The van der Waals surface area contributed by atoms with Crippen LogP contribution in [0.4, 0.5) is 13.6 Å². The molecule has 5 N–H and O–H groups in total. The number of hydrogen-bond acceptors (Lipinski definition) is 7. The normalized spacial score (nSPS) is 18.7. The first kappa shape index (κ1) is 26.8. The molecule has 0 radical (unpaired) electrons. The number of carbonyl (C=O) groups excluding carboxylic acids is 3. The summed E-state index contributed by atoms with van der Waals surface area (Å²) in [5, 5.41) is 12.7. The number of alkyl halides is 2. The number of hydrogen-bond donors (Lipinski definition) is 4. The standard InChI is InChI=1S/C22H27F2N5O7/c23-22(24,19(20(25)32)15-13-35-10-9-28(15)21(33)34)11-17(30)26-8-4-7-18(31)29-12-16(36-27-29)14-5-2-1-3-6-14/h1-3,5-6,12,15,19,27H,4,7-11,13H2,(H2,25,32)(H,26,30)(H,33,34)/t15-,19+/m1/s1. The smallest absolute Gasteiger partial charge is 0.407 e. The molecule has 4 amide bonds. The fourth-order valence-corrected chi connectivity index (χ4v) is 3.92. The predicted molar refractivity (Wildman–Crippen MR) is 119 cm³/mol. The summed E-state index contributed by atoms with van der Waals surface area (Å²) in [5.41, 5.74) is 8.38. The summed E-state index contributed by atoms with van der Waals surface area (Å²) in [7, 11) is 0. The molecule has 2 aliphatic heterocycles. The third-order valence-electron chi connectivity index (χ3n) is 5.67. The van der Waals surface area contributed by atoms with E-state index < -0.39 is 48.8 Å². The lowest BCUT2D eigenvalue weighted by molar-refractivity contribution is -0.156. The lowest BCUT2D eigenvalue weighted by atomic mass is 9.88. The number of benzene rings is 1. The van der Waals surface area contributed by atoms with Crippen LogP contribution in [0.1, 0.15) is 24.8 Å². The number of primary amides is 1. The molecule has 0 bridgehead atoms. The minimum atomic E-state index is -3.93. The molecule has 1 saturated heterocycles. The van der Waals surface area contributed by atoms with Crippen LogP contribution in [0.2, 0.25) is 0 Å². The molecule has 0 aliphatic carbocycles. The molecule has 14 heteroatoms. The second-order valence-corrected chi connectivity index (χ2v) is 8.21. The molecule has 1 fully saturated rings. The Balaban J connectivity index is 1.48. The van der Waals surface area contributed by atoms with Gasteiger partial charge in [-0.2, -0.15) is 0 Å². The van der Waals surface area contributed by atoms with Crippen LogP contribution >= 0.6 is 0 Å². The van der Waals surface area contributed by atoms with Gasteiger partial charge in [0.15, 0.2) is 5.76 Å². The Labute approximate surface area is 204 Å². The maximum absolute atomic E-state index is 14.9. The highest BCUT2D eigenvalue weighted by molar-refractivity contribution is 5.83. The van der Waals surface area contributed by atoms with Gasteiger partial charge in [0, 0.05) is 25.1 Å². The van der Waals surface area contributed by atoms with Crippen molar-refractivity contribution in [2.45, 2.75) is 31.2 Å². The molecule has 0 aromatic heterocycles. The van der Waals surface area contributed by atoms with Crippen molar-refractivity contribution in [2.24, 2.45) is 11.7 Å². The Morgan fingerprint density at radius 3 is 2.64 bits per heavy atom. The number of carboxylic acid groups (broad SMARTS) is 1. The number of rotatable bonds is 10. The first-order chi connectivity index (χ1) is 17.1. The van der Waals surface area contributed by atoms with E-state index in [0.29, 0.717) is 10.7 Å². The van der Waals surface area contributed by atoms with Crippen molar-refractivity contribution in [3.63, 3.8) is 0 Å². The molecule has 12 nitrogen and oxygen atoms in total. The average Bonchev–Trinajstić information content (AvgIpc) is 3.32. The van der Waals surface area contributed by atoms with Crippen molar-refractivity contribution >= 4 is 29.6 Å². The lowest BCUT2D eigenvalue weighted by Gasteiger charge is -2.39. The van der Waals surface area contributed by atoms with Gasteiger partial charge in [-0.15, -0.1) is 0 Å². The zero-order valence-electron chi connectivity index (χ0n) is 19.2. The summed E-state index contributed by atoms with van der Waals surface area (Å²) in [6.07, 6.45) is -1.30. The van der Waals surface area contributed by atoms with Crippen molar-refractivity contribution in [1.82, 2.24) is 20.8 Å². The molecule has 2 heterocycles. The second kappa shape index (κ2) is 11.8. The summed E-state index contributed by atoms with van der Waals surface area (Å²) in [6.45, 7) is -0.756. The highest BCUT2D eigenvalue weighted by Gasteiger charge is 2.52. The lowest BCUT2D eigenvalue weighted by Crippen LogP contribution is -2.59. The van der Waals surface area contributed by atoms with Gasteiger partial charge in [0.05, 0.1) is 31.9 Å². The van der Waals surface area contributed by atoms with Crippen molar-refractivity contribution in [2.75, 3.05) is 26.3 Å². The van der Waals surface area contributed by atoms with Crippen molar-refractivity contribution in [3.8, 4) is 0 Å². The van der Waals surface area contributed by atoms with Gasteiger partial charge in [-0.25, -0.2) is 18.6 Å². The van der Waals surface area contributed by atoms with Crippen LogP contribution in [-0.2, 0) is 24.0 Å². The van der Waals surface area contributed by atoms with Gasteiger partial charge in [0.25, 0.3) is 5.92 Å². The molecule has 196 valence electrons. The first-order valence-electron chi connectivity index (χ1n) is 11.1. The van der Waals surface area contributed by atoms with Gasteiger partial charge in [0.1, 0.15) is 5.92 Å². The van der Waals surface area contributed by atoms with Crippen LogP contribution in [0.5, 0.6) is 0 Å². The molecule has 1 aromatic carbocycles. The second-order valence-electron chi connectivity index (χ2n) is 8.21. The fourth-order valence-electron chi connectivity index (χ4n) is 3.92. The number of halogens is 2.